The topological polar surface area (TPSA) is 98.6 Å². The molecule has 0 spiro atoms. The highest BCUT2D eigenvalue weighted by Crippen LogP contribution is 2.20. The van der Waals surface area contributed by atoms with Crippen LogP contribution >= 0.6 is 0 Å². The quantitative estimate of drug-likeness (QED) is 0.769. The predicted molar refractivity (Wildman–Crippen MR) is 77.8 cm³/mol. The molecule has 0 bridgehead atoms. The number of ether oxygens (including phenoxy) is 1. The van der Waals surface area contributed by atoms with Gasteiger partial charge in [0.2, 0.25) is 0 Å². The van der Waals surface area contributed by atoms with Gasteiger partial charge in [-0.2, -0.15) is 5.10 Å². The average molecular weight is 298 g/mol. The van der Waals surface area contributed by atoms with Crippen molar-refractivity contribution in [2.75, 3.05) is 0 Å². The van der Waals surface area contributed by atoms with Gasteiger partial charge in [-0.05, 0) is 41.5 Å². The van der Waals surface area contributed by atoms with Crippen LogP contribution in [0.4, 0.5) is 0 Å². The van der Waals surface area contributed by atoms with E-state index in [0.29, 0.717) is 5.82 Å². The Morgan fingerprint density at radius 1 is 1.23 bits per heavy atom. The lowest BCUT2D eigenvalue weighted by molar-refractivity contribution is 0.301. The molecule has 0 unspecified atom stereocenters. The van der Waals surface area contributed by atoms with Gasteiger partial charge in [-0.15, -0.1) is 9.78 Å². The van der Waals surface area contributed by atoms with Gasteiger partial charge in [0.1, 0.15) is 12.4 Å². The van der Waals surface area contributed by atoms with Crippen molar-refractivity contribution in [2.45, 2.75) is 20.5 Å². The van der Waals surface area contributed by atoms with Crippen molar-refractivity contribution in [1.29, 1.82) is 0 Å². The number of hydrogen-bond acceptors (Lipinski definition) is 6. The Labute approximate surface area is 125 Å². The van der Waals surface area contributed by atoms with Crippen LogP contribution in [0.1, 0.15) is 16.7 Å². The number of aromatic amines is 1. The van der Waals surface area contributed by atoms with Crippen LogP contribution in [-0.4, -0.2) is 30.4 Å². The highest BCUT2D eigenvalue weighted by molar-refractivity contribution is 5.37. The maximum Gasteiger partial charge on any atom is 0.367 e. The predicted octanol–water partition coefficient (Wildman–Crippen LogP) is 0.941. The first-order valence-corrected chi connectivity index (χ1v) is 6.67. The summed E-state index contributed by atoms with van der Waals surface area (Å²) >= 11 is 0. The molecule has 112 valence electrons. The summed E-state index contributed by atoms with van der Waals surface area (Å²) in [5.41, 5.74) is 2.14. The molecule has 0 aliphatic carbocycles. The summed E-state index contributed by atoms with van der Waals surface area (Å²) in [4.78, 5) is 11.7. The van der Waals surface area contributed by atoms with Crippen molar-refractivity contribution >= 4 is 0 Å². The largest absolute Gasteiger partial charge is 0.488 e. The molecule has 8 heteroatoms. The van der Waals surface area contributed by atoms with Gasteiger partial charge in [-0.25, -0.2) is 9.89 Å². The summed E-state index contributed by atoms with van der Waals surface area (Å²) < 4.78 is 6.91. The van der Waals surface area contributed by atoms with E-state index in [1.807, 2.05) is 38.1 Å². The molecule has 0 atom stereocenters. The molecule has 0 aliphatic heterocycles. The van der Waals surface area contributed by atoms with Crippen LogP contribution < -0.4 is 10.4 Å². The molecule has 8 nitrogen and oxygen atoms in total. The zero-order valence-electron chi connectivity index (χ0n) is 12.1. The smallest absolute Gasteiger partial charge is 0.367 e. The van der Waals surface area contributed by atoms with Gasteiger partial charge in [0, 0.05) is 5.56 Å². The Morgan fingerprint density at radius 3 is 2.77 bits per heavy atom. The number of rotatable bonds is 4. The molecule has 1 N–H and O–H groups in total. The molecule has 2 aromatic heterocycles. The molecule has 0 radical (unpaired) electrons. The second-order valence-electron chi connectivity index (χ2n) is 4.80. The van der Waals surface area contributed by atoms with E-state index in [0.717, 1.165) is 27.1 Å². The second kappa shape index (κ2) is 5.76. The van der Waals surface area contributed by atoms with Gasteiger partial charge in [0.25, 0.3) is 0 Å². The fourth-order valence-corrected chi connectivity index (χ4v) is 2.04. The van der Waals surface area contributed by atoms with Crippen molar-refractivity contribution in [1.82, 2.24) is 30.4 Å². The lowest BCUT2D eigenvalue weighted by Gasteiger charge is -2.12. The lowest BCUT2D eigenvalue weighted by atomic mass is 10.2. The molecule has 2 heterocycles. The fourth-order valence-electron chi connectivity index (χ4n) is 2.04. The molecular formula is C14H14N6O2. The highest BCUT2D eigenvalue weighted by Gasteiger charge is 2.15. The van der Waals surface area contributed by atoms with Crippen molar-refractivity contribution < 1.29 is 4.74 Å². The number of H-pyrrole nitrogens is 1. The number of tetrazole rings is 1. The minimum Gasteiger partial charge on any atom is -0.488 e. The second-order valence-corrected chi connectivity index (χ2v) is 4.80. The van der Waals surface area contributed by atoms with E-state index >= 15 is 0 Å². The minimum absolute atomic E-state index is 0.251. The summed E-state index contributed by atoms with van der Waals surface area (Å²) in [5.74, 6) is 1.09. The summed E-state index contributed by atoms with van der Waals surface area (Å²) in [7, 11) is 0. The third-order valence-electron chi connectivity index (χ3n) is 3.29. The highest BCUT2D eigenvalue weighted by atomic mass is 16.5. The number of hydrogen-bond donors (Lipinski definition) is 1. The normalized spacial score (nSPS) is 10.6. The van der Waals surface area contributed by atoms with Gasteiger partial charge in [0.15, 0.2) is 5.82 Å². The van der Waals surface area contributed by atoms with E-state index in [9.17, 15) is 4.79 Å². The Balaban J connectivity index is 1.96. The monoisotopic (exact) mass is 298 g/mol. The standard InChI is InChI=1S/C14H14N6O2/c1-9-5-3-4-6-12(9)22-8-11-10(2)7-15-16-13(11)20-14(21)17-18-19-20/h3-7H,8H2,1-2H3,(H,17,19,21). The first-order valence-electron chi connectivity index (χ1n) is 6.67. The molecule has 0 fully saturated rings. The molecule has 3 rings (SSSR count). The van der Waals surface area contributed by atoms with Gasteiger partial charge < -0.3 is 4.74 Å². The number of aromatic nitrogens is 6. The molecule has 0 saturated carbocycles. The van der Waals surface area contributed by atoms with E-state index in [-0.39, 0.29) is 6.61 Å². The lowest BCUT2D eigenvalue weighted by Crippen LogP contribution is -2.20. The zero-order valence-corrected chi connectivity index (χ0v) is 12.1. The third kappa shape index (κ3) is 2.58. The number of nitrogens with one attached hydrogen (secondary N) is 1. The van der Waals surface area contributed by atoms with Crippen molar-refractivity contribution in [3.05, 3.63) is 57.6 Å². The maximum atomic E-state index is 11.7. The Hall–Kier alpha value is -3.03. The van der Waals surface area contributed by atoms with Crippen molar-refractivity contribution in [3.63, 3.8) is 0 Å². The minimum atomic E-state index is -0.475. The molecule has 22 heavy (non-hydrogen) atoms. The van der Waals surface area contributed by atoms with Crippen molar-refractivity contribution in [2.24, 2.45) is 0 Å². The molecule has 1 aromatic carbocycles. The maximum absolute atomic E-state index is 11.7. The molecule has 0 saturated heterocycles. The van der Waals surface area contributed by atoms with Crippen LogP contribution in [0.15, 0.2) is 35.3 Å². The van der Waals surface area contributed by atoms with Crippen LogP contribution in [0.3, 0.4) is 0 Å². The van der Waals surface area contributed by atoms with Crippen molar-refractivity contribution in [3.8, 4) is 11.6 Å². The molecule has 0 aliphatic rings. The van der Waals surface area contributed by atoms with E-state index in [1.54, 1.807) is 6.20 Å². The average Bonchev–Trinajstić information content (AvgIpc) is 2.93. The summed E-state index contributed by atoms with van der Waals surface area (Å²) in [6.07, 6.45) is 1.62. The Bertz CT molecular complexity index is 854. The van der Waals surface area contributed by atoms with Crippen LogP contribution in [-0.2, 0) is 6.61 Å². The first-order chi connectivity index (χ1) is 10.7. The van der Waals surface area contributed by atoms with Gasteiger partial charge in [-0.3, -0.25) is 0 Å². The Kier molecular flexibility index (Phi) is 3.65. The SMILES string of the molecule is Cc1ccccc1OCc1c(C)cnnc1-n1nn[nH]c1=O. The van der Waals surface area contributed by atoms with E-state index in [4.69, 9.17) is 4.74 Å². The van der Waals surface area contributed by atoms with Crippen LogP contribution in [0, 0.1) is 13.8 Å². The van der Waals surface area contributed by atoms with Gasteiger partial charge >= 0.3 is 5.69 Å². The summed E-state index contributed by atoms with van der Waals surface area (Å²) in [6, 6.07) is 7.71. The van der Waals surface area contributed by atoms with E-state index in [1.165, 1.54) is 0 Å². The van der Waals surface area contributed by atoms with E-state index < -0.39 is 5.69 Å². The number of aryl methyl sites for hydroxylation is 2. The zero-order chi connectivity index (χ0) is 15.5. The Morgan fingerprint density at radius 2 is 2.05 bits per heavy atom. The first kappa shape index (κ1) is 13.9. The molecule has 3 aromatic rings. The van der Waals surface area contributed by atoms with Gasteiger partial charge in [-0.1, -0.05) is 18.2 Å². The molecule has 0 amide bonds. The summed E-state index contributed by atoms with van der Waals surface area (Å²) in [6.45, 7) is 4.09. The fraction of sp³-hybridized carbons (Fsp3) is 0.214. The third-order valence-corrected chi connectivity index (χ3v) is 3.29. The van der Waals surface area contributed by atoms with Gasteiger partial charge in [0.05, 0.1) is 6.20 Å². The van der Waals surface area contributed by atoms with Crippen LogP contribution in [0.5, 0.6) is 5.75 Å². The van der Waals surface area contributed by atoms with E-state index in [2.05, 4.69) is 25.7 Å². The van der Waals surface area contributed by atoms with Crippen LogP contribution in [0.25, 0.3) is 5.82 Å². The number of benzene rings is 1. The number of nitrogens with zero attached hydrogens (tertiary/aromatic N) is 5. The van der Waals surface area contributed by atoms with Crippen LogP contribution in [0.2, 0.25) is 0 Å². The molecular weight excluding hydrogens is 284 g/mol. The summed E-state index contributed by atoms with van der Waals surface area (Å²) in [5, 5.41) is 17.3. The number of para-hydroxylation sites is 1.